The molecule has 0 amide bonds. The van der Waals surface area contributed by atoms with Crippen molar-refractivity contribution in [1.29, 1.82) is 0 Å². The average Bonchev–Trinajstić information content (AvgIpc) is 3.49. The van der Waals surface area contributed by atoms with Gasteiger partial charge in [0.1, 0.15) is 13.2 Å². The largest absolute Gasteiger partial charge is 0.461 e. The summed E-state index contributed by atoms with van der Waals surface area (Å²) in [6.45, 7) is 0.411. The zero-order valence-electron chi connectivity index (χ0n) is 15.0. The van der Waals surface area contributed by atoms with Crippen molar-refractivity contribution in [2.75, 3.05) is 0 Å². The van der Waals surface area contributed by atoms with Gasteiger partial charge in [0.25, 0.3) is 0 Å². The second-order valence-electron chi connectivity index (χ2n) is 7.08. The second-order valence-corrected chi connectivity index (χ2v) is 7.08. The lowest BCUT2D eigenvalue weighted by Crippen LogP contribution is -2.37. The van der Waals surface area contributed by atoms with Gasteiger partial charge in [-0.05, 0) is 24.0 Å². The summed E-state index contributed by atoms with van der Waals surface area (Å²) in [6, 6.07) is 19.0. The average molecular weight is 366 g/mol. The second kappa shape index (κ2) is 7.92. The maximum atomic E-state index is 12.6. The highest BCUT2D eigenvalue weighted by Crippen LogP contribution is 2.44. The van der Waals surface area contributed by atoms with E-state index in [9.17, 15) is 9.59 Å². The first kappa shape index (κ1) is 17.7. The van der Waals surface area contributed by atoms with Gasteiger partial charge in [-0.15, -0.1) is 0 Å². The normalized spacial score (nSPS) is 25.9. The van der Waals surface area contributed by atoms with E-state index in [1.54, 1.807) is 0 Å². The molecule has 27 heavy (non-hydrogen) atoms. The maximum absolute atomic E-state index is 12.6. The Morgan fingerprint density at radius 3 is 1.56 bits per heavy atom. The smallest absolute Gasteiger partial charge is 0.310 e. The number of carbonyl (C=O) groups is 2. The Bertz CT molecular complexity index is 721. The summed E-state index contributed by atoms with van der Waals surface area (Å²) in [5.74, 6) is -1.73. The van der Waals surface area contributed by atoms with E-state index in [1.165, 1.54) is 0 Å². The molecular formula is C22H22O5. The van der Waals surface area contributed by atoms with Crippen LogP contribution >= 0.6 is 0 Å². The van der Waals surface area contributed by atoms with Crippen LogP contribution < -0.4 is 0 Å². The molecule has 1 aliphatic heterocycles. The summed E-state index contributed by atoms with van der Waals surface area (Å²) in [5.41, 5.74) is 1.84. The summed E-state index contributed by atoms with van der Waals surface area (Å²) in [4.78, 5) is 25.3. The number of hydrogen-bond donors (Lipinski definition) is 0. The van der Waals surface area contributed by atoms with E-state index in [0.717, 1.165) is 11.1 Å². The van der Waals surface area contributed by atoms with Crippen molar-refractivity contribution in [1.82, 2.24) is 0 Å². The first-order chi connectivity index (χ1) is 13.2. The van der Waals surface area contributed by atoms with Crippen molar-refractivity contribution in [3.05, 3.63) is 71.8 Å². The van der Waals surface area contributed by atoms with Gasteiger partial charge in [0.05, 0.1) is 24.0 Å². The van der Waals surface area contributed by atoms with Crippen LogP contribution in [0.1, 0.15) is 24.0 Å². The highest BCUT2D eigenvalue weighted by Gasteiger charge is 2.53. The first-order valence-electron chi connectivity index (χ1n) is 9.27. The molecule has 1 saturated heterocycles. The van der Waals surface area contributed by atoms with E-state index >= 15 is 0 Å². The Morgan fingerprint density at radius 2 is 1.15 bits per heavy atom. The van der Waals surface area contributed by atoms with Crippen LogP contribution in [0, 0.1) is 11.8 Å². The van der Waals surface area contributed by atoms with Gasteiger partial charge in [-0.3, -0.25) is 9.59 Å². The molecular weight excluding hydrogens is 344 g/mol. The van der Waals surface area contributed by atoms with E-state index in [-0.39, 0.29) is 37.4 Å². The molecule has 1 aliphatic carbocycles. The Hall–Kier alpha value is -2.66. The monoisotopic (exact) mass is 366 g/mol. The maximum Gasteiger partial charge on any atom is 0.310 e. The number of epoxide rings is 1. The summed E-state index contributed by atoms with van der Waals surface area (Å²) >= 11 is 0. The molecule has 0 radical (unpaired) electrons. The van der Waals surface area contributed by atoms with Gasteiger partial charge in [0.15, 0.2) is 0 Å². The van der Waals surface area contributed by atoms with Gasteiger partial charge in [0, 0.05) is 0 Å². The molecule has 0 bridgehead atoms. The fraction of sp³-hybridized carbons (Fsp3) is 0.364. The molecule has 1 heterocycles. The highest BCUT2D eigenvalue weighted by molar-refractivity contribution is 5.82. The fourth-order valence-corrected chi connectivity index (χ4v) is 3.62. The number of carbonyl (C=O) groups excluding carboxylic acids is 2. The van der Waals surface area contributed by atoms with Crippen LogP contribution in [0.5, 0.6) is 0 Å². The van der Waals surface area contributed by atoms with Crippen LogP contribution in [-0.2, 0) is 37.0 Å². The third-order valence-corrected chi connectivity index (χ3v) is 5.20. The molecule has 4 rings (SSSR count). The molecule has 5 nitrogen and oxygen atoms in total. The van der Waals surface area contributed by atoms with Crippen LogP contribution in [0.4, 0.5) is 0 Å². The van der Waals surface area contributed by atoms with Gasteiger partial charge in [-0.1, -0.05) is 60.7 Å². The summed E-state index contributed by atoms with van der Waals surface area (Å²) in [5, 5.41) is 0. The molecule has 0 spiro atoms. The quantitative estimate of drug-likeness (QED) is 0.580. The molecule has 2 fully saturated rings. The summed E-state index contributed by atoms with van der Waals surface area (Å²) in [6.07, 6.45) is 1.17. The predicted molar refractivity (Wildman–Crippen MR) is 97.4 cm³/mol. The Morgan fingerprint density at radius 1 is 0.741 bits per heavy atom. The molecule has 2 aromatic carbocycles. The van der Waals surface area contributed by atoms with Gasteiger partial charge >= 0.3 is 11.9 Å². The van der Waals surface area contributed by atoms with Crippen molar-refractivity contribution in [3.63, 3.8) is 0 Å². The van der Waals surface area contributed by atoms with E-state index < -0.39 is 11.8 Å². The fourth-order valence-electron chi connectivity index (χ4n) is 3.62. The predicted octanol–water partition coefficient (Wildman–Crippen LogP) is 3.27. The lowest BCUT2D eigenvalue weighted by Gasteiger charge is -2.26. The van der Waals surface area contributed by atoms with E-state index in [1.807, 2.05) is 60.7 Å². The van der Waals surface area contributed by atoms with Crippen LogP contribution in [0.15, 0.2) is 60.7 Å². The van der Waals surface area contributed by atoms with Gasteiger partial charge in [0.2, 0.25) is 0 Å². The third kappa shape index (κ3) is 4.37. The van der Waals surface area contributed by atoms with Gasteiger partial charge < -0.3 is 14.2 Å². The minimum absolute atomic E-state index is 0.0671. The molecule has 2 aliphatic rings. The van der Waals surface area contributed by atoms with E-state index in [4.69, 9.17) is 14.2 Å². The summed E-state index contributed by atoms with van der Waals surface area (Å²) < 4.78 is 16.5. The van der Waals surface area contributed by atoms with Crippen molar-refractivity contribution in [3.8, 4) is 0 Å². The Labute approximate surface area is 158 Å². The van der Waals surface area contributed by atoms with Crippen LogP contribution in [-0.4, -0.2) is 24.1 Å². The lowest BCUT2D eigenvalue weighted by molar-refractivity contribution is -0.163. The van der Waals surface area contributed by atoms with Crippen molar-refractivity contribution >= 4 is 11.9 Å². The minimum atomic E-state index is -0.513. The SMILES string of the molecule is O=C(OCc1ccccc1)C1CC2OC2CC1C(=O)OCc1ccccc1. The molecule has 1 saturated carbocycles. The van der Waals surface area contributed by atoms with E-state index in [0.29, 0.717) is 12.8 Å². The molecule has 2 aromatic rings. The van der Waals surface area contributed by atoms with Gasteiger partial charge in [-0.25, -0.2) is 0 Å². The third-order valence-electron chi connectivity index (χ3n) is 5.20. The minimum Gasteiger partial charge on any atom is -0.461 e. The standard InChI is InChI=1S/C22H22O5/c23-21(25-13-15-7-3-1-4-8-15)17-11-19-20(27-19)12-18(17)22(24)26-14-16-9-5-2-6-10-16/h1-10,17-20H,11-14H2. The number of ether oxygens (including phenoxy) is 3. The number of benzene rings is 2. The van der Waals surface area contributed by atoms with Crippen LogP contribution in [0.2, 0.25) is 0 Å². The van der Waals surface area contributed by atoms with Crippen molar-refractivity contribution < 1.29 is 23.8 Å². The Balaban J connectivity index is 1.37. The lowest BCUT2D eigenvalue weighted by atomic mass is 9.79. The summed E-state index contributed by atoms with van der Waals surface area (Å²) in [7, 11) is 0. The molecule has 4 atom stereocenters. The number of hydrogen-bond acceptors (Lipinski definition) is 5. The van der Waals surface area contributed by atoms with E-state index in [2.05, 4.69) is 0 Å². The zero-order chi connectivity index (χ0) is 18.6. The Kier molecular flexibility index (Phi) is 5.21. The topological polar surface area (TPSA) is 65.1 Å². The number of rotatable bonds is 6. The molecule has 0 aromatic heterocycles. The number of esters is 2. The number of fused-ring (bicyclic) bond motifs is 1. The molecule has 140 valence electrons. The van der Waals surface area contributed by atoms with Crippen LogP contribution in [0.3, 0.4) is 0 Å². The van der Waals surface area contributed by atoms with Crippen LogP contribution in [0.25, 0.3) is 0 Å². The first-order valence-corrected chi connectivity index (χ1v) is 9.27. The molecule has 5 heteroatoms. The van der Waals surface area contributed by atoms with Crippen molar-refractivity contribution in [2.45, 2.75) is 38.3 Å². The highest BCUT2D eigenvalue weighted by atomic mass is 16.6. The molecule has 0 N–H and O–H groups in total. The van der Waals surface area contributed by atoms with Crippen molar-refractivity contribution in [2.24, 2.45) is 11.8 Å². The van der Waals surface area contributed by atoms with Gasteiger partial charge in [-0.2, -0.15) is 0 Å². The zero-order valence-corrected chi connectivity index (χ0v) is 15.0. The molecule has 4 unspecified atom stereocenters.